The summed E-state index contributed by atoms with van der Waals surface area (Å²) < 4.78 is 50.4. The summed E-state index contributed by atoms with van der Waals surface area (Å²) in [6, 6.07) is 17.4. The molecule has 0 saturated heterocycles. The van der Waals surface area contributed by atoms with Crippen molar-refractivity contribution in [2.75, 3.05) is 22.9 Å². The number of sulfone groups is 1. The molecule has 0 unspecified atom stereocenters. The maximum Gasteiger partial charge on any atom is 0.264 e. The Morgan fingerprint density at radius 3 is 1.94 bits per heavy atom. The number of hydrogen-bond acceptors (Lipinski definition) is 6. The quantitative estimate of drug-likeness (QED) is 0.512. The molecule has 172 valence electrons. The van der Waals surface area contributed by atoms with Gasteiger partial charge in [0.15, 0.2) is 15.6 Å². The van der Waals surface area contributed by atoms with Crippen molar-refractivity contribution in [1.82, 2.24) is 0 Å². The van der Waals surface area contributed by atoms with Crippen molar-refractivity contribution in [3.63, 3.8) is 0 Å². The highest BCUT2D eigenvalue weighted by Gasteiger charge is 2.23. The van der Waals surface area contributed by atoms with E-state index in [4.69, 9.17) is 0 Å². The Labute approximate surface area is 192 Å². The van der Waals surface area contributed by atoms with Crippen LogP contribution < -0.4 is 9.62 Å². The largest absolute Gasteiger partial charge is 0.322 e. The predicted octanol–water partition coefficient (Wildman–Crippen LogP) is 3.37. The van der Waals surface area contributed by atoms with Gasteiger partial charge in [-0.1, -0.05) is 6.07 Å². The number of ketones is 1. The van der Waals surface area contributed by atoms with Crippen LogP contribution in [0.3, 0.4) is 0 Å². The highest BCUT2D eigenvalue weighted by molar-refractivity contribution is 7.92. The van der Waals surface area contributed by atoms with E-state index in [1.807, 2.05) is 0 Å². The van der Waals surface area contributed by atoms with Gasteiger partial charge in [0, 0.05) is 30.1 Å². The molecule has 0 bridgehead atoms. The number of nitrogens with zero attached hydrogens (tertiary/aromatic N) is 1. The van der Waals surface area contributed by atoms with Gasteiger partial charge in [-0.25, -0.2) is 16.8 Å². The number of benzene rings is 3. The van der Waals surface area contributed by atoms with Crippen molar-refractivity contribution in [3.05, 3.63) is 83.9 Å². The molecule has 10 heteroatoms. The van der Waals surface area contributed by atoms with E-state index in [1.54, 1.807) is 12.1 Å². The SMILES string of the molecule is CC(=O)c1ccc(N(C)S(=O)(=O)c2cccc(C(=O)Nc3ccc(S(C)(=O)=O)cc3)c2)cc1. The first kappa shape index (κ1) is 24.1. The van der Waals surface area contributed by atoms with Gasteiger partial charge >= 0.3 is 0 Å². The Bertz CT molecular complexity index is 1410. The number of hydrogen-bond donors (Lipinski definition) is 1. The number of anilines is 2. The maximum absolute atomic E-state index is 13.1. The molecule has 33 heavy (non-hydrogen) atoms. The van der Waals surface area contributed by atoms with Crippen molar-refractivity contribution >= 4 is 42.9 Å². The Hall–Kier alpha value is -3.50. The second-order valence-corrected chi connectivity index (χ2v) is 11.3. The number of rotatable bonds is 7. The summed E-state index contributed by atoms with van der Waals surface area (Å²) in [7, 11) is -5.95. The van der Waals surface area contributed by atoms with E-state index < -0.39 is 25.8 Å². The van der Waals surface area contributed by atoms with Crippen LogP contribution in [0.15, 0.2) is 82.6 Å². The van der Waals surface area contributed by atoms with Crippen LogP contribution in [0.2, 0.25) is 0 Å². The summed E-state index contributed by atoms with van der Waals surface area (Å²) in [5.41, 5.74) is 1.31. The smallest absolute Gasteiger partial charge is 0.264 e. The molecule has 0 aliphatic carbocycles. The van der Waals surface area contributed by atoms with E-state index >= 15 is 0 Å². The van der Waals surface area contributed by atoms with Crippen LogP contribution >= 0.6 is 0 Å². The van der Waals surface area contributed by atoms with E-state index in [9.17, 15) is 26.4 Å². The Balaban J connectivity index is 1.82. The van der Waals surface area contributed by atoms with Crippen molar-refractivity contribution in [2.45, 2.75) is 16.7 Å². The minimum absolute atomic E-state index is 0.0827. The molecular weight excluding hydrogens is 464 g/mol. The van der Waals surface area contributed by atoms with Gasteiger partial charge < -0.3 is 5.32 Å². The van der Waals surface area contributed by atoms with Crippen molar-refractivity contribution < 1.29 is 26.4 Å². The van der Waals surface area contributed by atoms with Crippen LogP contribution in [0.1, 0.15) is 27.6 Å². The molecule has 0 saturated carbocycles. The molecule has 3 aromatic rings. The van der Waals surface area contributed by atoms with E-state index in [2.05, 4.69) is 5.32 Å². The second kappa shape index (κ2) is 9.16. The Kier molecular flexibility index (Phi) is 6.71. The lowest BCUT2D eigenvalue weighted by Crippen LogP contribution is -2.27. The topological polar surface area (TPSA) is 118 Å². The summed E-state index contributed by atoms with van der Waals surface area (Å²) in [5.74, 6) is -0.677. The molecular formula is C23H22N2O6S2. The first-order chi connectivity index (χ1) is 15.4. The van der Waals surface area contributed by atoms with Gasteiger partial charge in [0.2, 0.25) is 0 Å². The normalized spacial score (nSPS) is 11.6. The molecule has 0 aromatic heterocycles. The number of sulfonamides is 1. The molecule has 3 rings (SSSR count). The molecule has 0 atom stereocenters. The van der Waals surface area contributed by atoms with Gasteiger partial charge in [-0.2, -0.15) is 0 Å². The molecule has 1 amide bonds. The predicted molar refractivity (Wildman–Crippen MR) is 126 cm³/mol. The molecule has 3 aromatic carbocycles. The van der Waals surface area contributed by atoms with Crippen LogP contribution in [-0.2, 0) is 19.9 Å². The van der Waals surface area contributed by atoms with Gasteiger partial charge in [-0.15, -0.1) is 0 Å². The first-order valence-electron chi connectivity index (χ1n) is 9.71. The van der Waals surface area contributed by atoms with E-state index in [0.717, 1.165) is 10.6 Å². The standard InChI is InChI=1S/C23H22N2O6S2/c1-16(26)17-7-11-20(12-8-17)25(2)33(30,31)22-6-4-5-18(15-22)23(27)24-19-9-13-21(14-10-19)32(3,28)29/h4-15H,1-3H3,(H,24,27). The minimum Gasteiger partial charge on any atom is -0.322 e. The zero-order chi connectivity index (χ0) is 24.4. The third-order valence-corrected chi connectivity index (χ3v) is 7.84. The number of carbonyl (C=O) groups is 2. The fourth-order valence-electron chi connectivity index (χ4n) is 2.99. The van der Waals surface area contributed by atoms with Gasteiger partial charge in [-0.3, -0.25) is 13.9 Å². The van der Waals surface area contributed by atoms with Gasteiger partial charge in [0.25, 0.3) is 15.9 Å². The Morgan fingerprint density at radius 1 is 0.788 bits per heavy atom. The summed E-state index contributed by atoms with van der Waals surface area (Å²) in [4.78, 5) is 24.1. The van der Waals surface area contributed by atoms with Crippen LogP contribution in [-0.4, -0.2) is 41.8 Å². The lowest BCUT2D eigenvalue weighted by molar-refractivity contribution is 0.101. The van der Waals surface area contributed by atoms with Crippen LogP contribution in [0.4, 0.5) is 11.4 Å². The van der Waals surface area contributed by atoms with E-state index in [0.29, 0.717) is 16.9 Å². The fraction of sp³-hybridized carbons (Fsp3) is 0.130. The molecule has 0 spiro atoms. The first-order valence-corrected chi connectivity index (χ1v) is 13.0. The number of amides is 1. The summed E-state index contributed by atoms with van der Waals surface area (Å²) >= 11 is 0. The van der Waals surface area contributed by atoms with Crippen molar-refractivity contribution in [2.24, 2.45) is 0 Å². The zero-order valence-electron chi connectivity index (χ0n) is 18.1. The van der Waals surface area contributed by atoms with Gasteiger partial charge in [-0.05, 0) is 73.7 Å². The molecule has 0 fully saturated rings. The molecule has 0 heterocycles. The van der Waals surface area contributed by atoms with E-state index in [1.165, 1.54) is 74.6 Å². The molecule has 1 N–H and O–H groups in total. The van der Waals surface area contributed by atoms with Crippen LogP contribution in [0.25, 0.3) is 0 Å². The van der Waals surface area contributed by atoms with Crippen LogP contribution in [0.5, 0.6) is 0 Å². The summed E-state index contributed by atoms with van der Waals surface area (Å²) in [6.07, 6.45) is 1.08. The Morgan fingerprint density at radius 2 is 1.39 bits per heavy atom. The highest BCUT2D eigenvalue weighted by atomic mass is 32.2. The second-order valence-electron chi connectivity index (χ2n) is 7.35. The van der Waals surface area contributed by atoms with Gasteiger partial charge in [0.1, 0.15) is 0 Å². The van der Waals surface area contributed by atoms with Crippen LogP contribution in [0, 0.1) is 0 Å². The maximum atomic E-state index is 13.1. The highest BCUT2D eigenvalue weighted by Crippen LogP contribution is 2.24. The third kappa shape index (κ3) is 5.47. The van der Waals surface area contributed by atoms with Crippen molar-refractivity contribution in [3.8, 4) is 0 Å². The molecule has 8 nitrogen and oxygen atoms in total. The zero-order valence-corrected chi connectivity index (χ0v) is 19.8. The monoisotopic (exact) mass is 486 g/mol. The summed E-state index contributed by atoms with van der Waals surface area (Å²) in [6.45, 7) is 1.42. The average Bonchev–Trinajstić information content (AvgIpc) is 2.78. The number of nitrogens with one attached hydrogen (secondary N) is 1. The van der Waals surface area contributed by atoms with Crippen molar-refractivity contribution in [1.29, 1.82) is 0 Å². The molecule has 0 aliphatic heterocycles. The van der Waals surface area contributed by atoms with E-state index in [-0.39, 0.29) is 21.1 Å². The fourth-order valence-corrected chi connectivity index (χ4v) is 4.86. The third-order valence-electron chi connectivity index (χ3n) is 4.93. The number of carbonyl (C=O) groups excluding carboxylic acids is 2. The summed E-state index contributed by atoms with van der Waals surface area (Å²) in [5, 5.41) is 2.62. The van der Waals surface area contributed by atoms with Gasteiger partial charge in [0.05, 0.1) is 15.5 Å². The minimum atomic E-state index is -3.97. The molecule has 0 aliphatic rings. The average molecular weight is 487 g/mol. The lowest BCUT2D eigenvalue weighted by atomic mass is 10.1. The lowest BCUT2D eigenvalue weighted by Gasteiger charge is -2.20. The molecule has 0 radical (unpaired) electrons. The number of Topliss-reactive ketones (excluding diaryl/α,β-unsaturated/α-hetero) is 1.